The summed E-state index contributed by atoms with van der Waals surface area (Å²) in [6, 6.07) is 11.5. The van der Waals surface area contributed by atoms with Crippen LogP contribution < -0.4 is 0 Å². The standard InChI is InChI=1S/C19H22N6O2/c1-13-10-15(21-20-13)18-23-22-17-12-24(8-9-27-2)19(26)16(25(17)18)11-14-6-4-3-5-7-14/h3-7,10,16H,8-9,11-12H2,1-2H3,(H,20,21)/t16-/m1/s1. The second-order valence-electron chi connectivity index (χ2n) is 6.70. The molecule has 8 nitrogen and oxygen atoms in total. The SMILES string of the molecule is COCCN1Cc2nnc(-c3cc(C)[nH]n3)n2[C@H](Cc2ccccc2)C1=O. The fourth-order valence-electron chi connectivity index (χ4n) is 3.44. The van der Waals surface area contributed by atoms with Gasteiger partial charge < -0.3 is 9.64 Å². The van der Waals surface area contributed by atoms with Crippen molar-refractivity contribution in [1.29, 1.82) is 0 Å². The van der Waals surface area contributed by atoms with Crippen molar-refractivity contribution in [2.75, 3.05) is 20.3 Å². The van der Waals surface area contributed by atoms with Gasteiger partial charge in [0.05, 0.1) is 13.2 Å². The molecule has 0 fully saturated rings. The third-order valence-electron chi connectivity index (χ3n) is 4.78. The van der Waals surface area contributed by atoms with Crippen molar-refractivity contribution in [2.24, 2.45) is 0 Å². The summed E-state index contributed by atoms with van der Waals surface area (Å²) in [5.74, 6) is 1.44. The van der Waals surface area contributed by atoms with E-state index in [-0.39, 0.29) is 5.91 Å². The maximum atomic E-state index is 13.3. The van der Waals surface area contributed by atoms with E-state index in [4.69, 9.17) is 4.74 Å². The quantitative estimate of drug-likeness (QED) is 0.718. The van der Waals surface area contributed by atoms with Crippen LogP contribution in [0.25, 0.3) is 11.5 Å². The topological polar surface area (TPSA) is 88.9 Å². The minimum absolute atomic E-state index is 0.0525. The molecule has 1 aliphatic heterocycles. The third-order valence-corrected chi connectivity index (χ3v) is 4.78. The number of fused-ring (bicyclic) bond motifs is 1. The second-order valence-corrected chi connectivity index (χ2v) is 6.70. The molecule has 0 saturated heterocycles. The van der Waals surface area contributed by atoms with Gasteiger partial charge in [-0.3, -0.25) is 14.5 Å². The summed E-state index contributed by atoms with van der Waals surface area (Å²) in [4.78, 5) is 15.0. The first-order chi connectivity index (χ1) is 13.2. The van der Waals surface area contributed by atoms with Gasteiger partial charge in [0.15, 0.2) is 11.6 Å². The maximum absolute atomic E-state index is 13.3. The van der Waals surface area contributed by atoms with Crippen molar-refractivity contribution in [3.63, 3.8) is 0 Å². The van der Waals surface area contributed by atoms with E-state index in [1.165, 1.54) is 0 Å². The largest absolute Gasteiger partial charge is 0.383 e. The van der Waals surface area contributed by atoms with E-state index < -0.39 is 6.04 Å². The van der Waals surface area contributed by atoms with E-state index >= 15 is 0 Å². The van der Waals surface area contributed by atoms with Crippen molar-refractivity contribution >= 4 is 5.91 Å². The van der Waals surface area contributed by atoms with Crippen LogP contribution in [0.2, 0.25) is 0 Å². The van der Waals surface area contributed by atoms with E-state index in [9.17, 15) is 4.79 Å². The molecule has 1 aliphatic rings. The lowest BCUT2D eigenvalue weighted by Crippen LogP contribution is -2.45. The van der Waals surface area contributed by atoms with Crippen LogP contribution >= 0.6 is 0 Å². The molecule has 2 aromatic heterocycles. The highest BCUT2D eigenvalue weighted by Gasteiger charge is 2.36. The second kappa shape index (κ2) is 7.32. The Bertz CT molecular complexity index is 933. The monoisotopic (exact) mass is 366 g/mol. The summed E-state index contributed by atoms with van der Waals surface area (Å²) in [6.45, 7) is 3.38. The van der Waals surface area contributed by atoms with Gasteiger partial charge in [-0.15, -0.1) is 10.2 Å². The zero-order valence-corrected chi connectivity index (χ0v) is 15.4. The van der Waals surface area contributed by atoms with Crippen LogP contribution in [0.15, 0.2) is 36.4 Å². The Morgan fingerprint density at radius 1 is 1.26 bits per heavy atom. The molecular formula is C19H22N6O2. The molecule has 0 saturated carbocycles. The molecule has 3 heterocycles. The Balaban J connectivity index is 1.75. The van der Waals surface area contributed by atoms with Crippen LogP contribution in [0.1, 0.15) is 23.1 Å². The molecule has 0 radical (unpaired) electrons. The van der Waals surface area contributed by atoms with Crippen molar-refractivity contribution in [1.82, 2.24) is 29.9 Å². The van der Waals surface area contributed by atoms with E-state index in [1.54, 1.807) is 12.0 Å². The third kappa shape index (κ3) is 3.35. The molecule has 0 spiro atoms. The van der Waals surface area contributed by atoms with Crippen LogP contribution in [-0.4, -0.2) is 56.0 Å². The van der Waals surface area contributed by atoms with Gasteiger partial charge in [0, 0.05) is 25.8 Å². The van der Waals surface area contributed by atoms with Crippen molar-refractivity contribution in [3.05, 3.63) is 53.5 Å². The van der Waals surface area contributed by atoms with Gasteiger partial charge in [-0.1, -0.05) is 30.3 Å². The predicted molar refractivity (Wildman–Crippen MR) is 98.8 cm³/mol. The van der Waals surface area contributed by atoms with E-state index in [2.05, 4.69) is 20.4 Å². The number of aromatic nitrogens is 5. The lowest BCUT2D eigenvalue weighted by atomic mass is 10.0. The van der Waals surface area contributed by atoms with Crippen LogP contribution in [0, 0.1) is 6.92 Å². The number of carbonyl (C=O) groups is 1. The molecule has 140 valence electrons. The highest BCUT2D eigenvalue weighted by atomic mass is 16.5. The lowest BCUT2D eigenvalue weighted by Gasteiger charge is -2.33. The lowest BCUT2D eigenvalue weighted by molar-refractivity contribution is -0.138. The predicted octanol–water partition coefficient (Wildman–Crippen LogP) is 1.75. The Hall–Kier alpha value is -3.00. The number of nitrogens with one attached hydrogen (secondary N) is 1. The number of aromatic amines is 1. The summed E-state index contributed by atoms with van der Waals surface area (Å²) in [5.41, 5.74) is 2.72. The Labute approximate surface area is 157 Å². The van der Waals surface area contributed by atoms with E-state index in [0.29, 0.717) is 37.6 Å². The number of carbonyl (C=O) groups excluding carboxylic acids is 1. The molecule has 4 rings (SSSR count). The van der Waals surface area contributed by atoms with Crippen LogP contribution in [0.5, 0.6) is 0 Å². The van der Waals surface area contributed by atoms with E-state index in [0.717, 1.165) is 17.1 Å². The minimum atomic E-state index is -0.407. The van der Waals surface area contributed by atoms with Crippen molar-refractivity contribution in [3.8, 4) is 11.5 Å². The summed E-state index contributed by atoms with van der Waals surface area (Å²) in [7, 11) is 1.64. The van der Waals surface area contributed by atoms with Crippen molar-refractivity contribution < 1.29 is 9.53 Å². The van der Waals surface area contributed by atoms with Gasteiger partial charge in [0.25, 0.3) is 0 Å². The number of methoxy groups -OCH3 is 1. The van der Waals surface area contributed by atoms with E-state index in [1.807, 2.05) is 47.9 Å². The average Bonchev–Trinajstić information content (AvgIpc) is 3.29. The molecule has 1 atom stereocenters. The highest BCUT2D eigenvalue weighted by Crippen LogP contribution is 2.30. The minimum Gasteiger partial charge on any atom is -0.383 e. The maximum Gasteiger partial charge on any atom is 0.246 e. The molecule has 0 bridgehead atoms. The molecule has 1 aromatic carbocycles. The smallest absolute Gasteiger partial charge is 0.246 e. The van der Waals surface area contributed by atoms with Crippen LogP contribution in [-0.2, 0) is 22.5 Å². The van der Waals surface area contributed by atoms with Gasteiger partial charge in [-0.05, 0) is 18.6 Å². The zero-order valence-electron chi connectivity index (χ0n) is 15.4. The first-order valence-electron chi connectivity index (χ1n) is 8.95. The molecular weight excluding hydrogens is 344 g/mol. The van der Waals surface area contributed by atoms with Crippen LogP contribution in [0.3, 0.4) is 0 Å². The normalized spacial score (nSPS) is 16.6. The van der Waals surface area contributed by atoms with Gasteiger partial charge in [-0.25, -0.2) is 0 Å². The molecule has 1 N–H and O–H groups in total. The Morgan fingerprint density at radius 2 is 2.07 bits per heavy atom. The molecule has 1 amide bonds. The molecule has 27 heavy (non-hydrogen) atoms. The molecule has 0 unspecified atom stereocenters. The number of H-pyrrole nitrogens is 1. The summed E-state index contributed by atoms with van der Waals surface area (Å²) in [5, 5.41) is 15.9. The number of hydrogen-bond acceptors (Lipinski definition) is 5. The first-order valence-corrected chi connectivity index (χ1v) is 8.95. The average molecular weight is 366 g/mol. The number of benzene rings is 1. The van der Waals surface area contributed by atoms with Gasteiger partial charge in [0.2, 0.25) is 5.91 Å². The van der Waals surface area contributed by atoms with Gasteiger partial charge in [0.1, 0.15) is 11.7 Å². The fraction of sp³-hybridized carbons (Fsp3) is 0.368. The molecule has 8 heteroatoms. The summed E-state index contributed by atoms with van der Waals surface area (Å²) < 4.78 is 7.10. The summed E-state index contributed by atoms with van der Waals surface area (Å²) in [6.07, 6.45) is 0.574. The van der Waals surface area contributed by atoms with Gasteiger partial charge >= 0.3 is 0 Å². The molecule has 3 aromatic rings. The number of rotatable bonds is 6. The number of ether oxygens (including phenoxy) is 1. The number of hydrogen-bond donors (Lipinski definition) is 1. The molecule has 0 aliphatic carbocycles. The Morgan fingerprint density at radius 3 is 2.78 bits per heavy atom. The van der Waals surface area contributed by atoms with Crippen LogP contribution in [0.4, 0.5) is 0 Å². The summed E-state index contributed by atoms with van der Waals surface area (Å²) >= 11 is 0. The number of amides is 1. The Kier molecular flexibility index (Phi) is 4.72. The number of nitrogens with zero attached hydrogens (tertiary/aromatic N) is 5. The fourth-order valence-corrected chi connectivity index (χ4v) is 3.44. The van der Waals surface area contributed by atoms with Crippen molar-refractivity contribution in [2.45, 2.75) is 25.9 Å². The number of aryl methyl sites for hydroxylation is 1. The highest BCUT2D eigenvalue weighted by molar-refractivity contribution is 5.82. The van der Waals surface area contributed by atoms with Gasteiger partial charge in [-0.2, -0.15) is 5.10 Å². The zero-order chi connectivity index (χ0) is 18.8. The first kappa shape index (κ1) is 17.4.